The fraction of sp³-hybridized carbons (Fsp3) is 0.500. The average Bonchev–Trinajstić information content (AvgIpc) is 2.83. The Balaban J connectivity index is 2.67. The molecule has 0 radical (unpaired) electrons. The molecule has 0 aliphatic heterocycles. The summed E-state index contributed by atoms with van der Waals surface area (Å²) >= 11 is 0. The van der Waals surface area contributed by atoms with Gasteiger partial charge in [-0.1, -0.05) is 25.9 Å². The lowest BCUT2D eigenvalue weighted by atomic mass is 9.92. The molecule has 0 saturated carbocycles. The largest absolute Gasteiger partial charge is 0.469 e. The molecular weight excluding hydrogens is 234 g/mol. The lowest BCUT2D eigenvalue weighted by Gasteiger charge is -2.22. The van der Waals surface area contributed by atoms with Crippen LogP contribution in [-0.4, -0.2) is 23.5 Å². The molecule has 0 spiro atoms. The second-order valence-corrected chi connectivity index (χ2v) is 4.66. The van der Waals surface area contributed by atoms with Crippen molar-refractivity contribution >= 4 is 11.7 Å². The number of hydrogen-bond acceptors (Lipinski definition) is 4. The van der Waals surface area contributed by atoms with Gasteiger partial charge in [0.1, 0.15) is 11.6 Å². The summed E-state index contributed by atoms with van der Waals surface area (Å²) in [5, 5.41) is 14.3. The number of oxime groups is 1. The summed E-state index contributed by atoms with van der Waals surface area (Å²) in [6.07, 6.45) is 2.14. The third-order valence-electron chi connectivity index (χ3n) is 2.80. The summed E-state index contributed by atoms with van der Waals surface area (Å²) in [7, 11) is 0. The zero-order valence-corrected chi connectivity index (χ0v) is 10.9. The van der Waals surface area contributed by atoms with Gasteiger partial charge in [-0.3, -0.25) is 4.79 Å². The van der Waals surface area contributed by atoms with Crippen molar-refractivity contribution in [3.05, 3.63) is 23.7 Å². The van der Waals surface area contributed by atoms with E-state index in [1.54, 1.807) is 19.9 Å². The van der Waals surface area contributed by atoms with Crippen molar-refractivity contribution in [3.63, 3.8) is 0 Å². The maximum Gasteiger partial charge on any atom is 0.254 e. The smallest absolute Gasteiger partial charge is 0.254 e. The number of nitrogens with one attached hydrogen (secondary N) is 1. The second-order valence-electron chi connectivity index (χ2n) is 4.66. The minimum Gasteiger partial charge on any atom is -0.469 e. The molecule has 0 atom stereocenters. The lowest BCUT2D eigenvalue weighted by molar-refractivity contribution is 0.0942. The number of furan rings is 1. The van der Waals surface area contributed by atoms with Crippen LogP contribution in [0.4, 0.5) is 0 Å². The van der Waals surface area contributed by atoms with Crippen molar-refractivity contribution in [2.24, 2.45) is 16.3 Å². The van der Waals surface area contributed by atoms with Crippen molar-refractivity contribution in [3.8, 4) is 0 Å². The van der Waals surface area contributed by atoms with Gasteiger partial charge in [-0.2, -0.15) is 0 Å². The van der Waals surface area contributed by atoms with Crippen LogP contribution in [-0.2, 0) is 6.42 Å². The molecule has 6 nitrogen and oxygen atoms in total. The minimum atomic E-state index is -0.611. The Labute approximate surface area is 106 Å². The predicted octanol–water partition coefficient (Wildman–Crippen LogP) is 1.34. The minimum absolute atomic E-state index is 0.0747. The van der Waals surface area contributed by atoms with E-state index >= 15 is 0 Å². The molecule has 1 rings (SSSR count). The van der Waals surface area contributed by atoms with Crippen LogP contribution in [0.1, 0.15) is 36.9 Å². The van der Waals surface area contributed by atoms with Gasteiger partial charge in [-0.05, 0) is 6.07 Å². The van der Waals surface area contributed by atoms with E-state index in [2.05, 4.69) is 10.5 Å². The molecule has 4 N–H and O–H groups in total. The lowest BCUT2D eigenvalue weighted by Crippen LogP contribution is -2.42. The first-order valence-electron chi connectivity index (χ1n) is 5.75. The second kappa shape index (κ2) is 5.57. The van der Waals surface area contributed by atoms with E-state index in [4.69, 9.17) is 15.4 Å². The van der Waals surface area contributed by atoms with Gasteiger partial charge in [0.05, 0.1) is 11.8 Å². The normalized spacial score (nSPS) is 12.5. The van der Waals surface area contributed by atoms with Gasteiger partial charge in [-0.15, -0.1) is 0 Å². The number of amides is 1. The van der Waals surface area contributed by atoms with Gasteiger partial charge in [0.15, 0.2) is 0 Å². The van der Waals surface area contributed by atoms with Gasteiger partial charge in [0.25, 0.3) is 5.91 Å². The average molecular weight is 253 g/mol. The van der Waals surface area contributed by atoms with Gasteiger partial charge in [0.2, 0.25) is 0 Å². The molecule has 1 heterocycles. The van der Waals surface area contributed by atoms with Crippen molar-refractivity contribution in [1.29, 1.82) is 0 Å². The fourth-order valence-electron chi connectivity index (χ4n) is 1.44. The van der Waals surface area contributed by atoms with Gasteiger partial charge >= 0.3 is 0 Å². The van der Waals surface area contributed by atoms with Crippen LogP contribution in [0, 0.1) is 5.41 Å². The molecule has 0 bridgehead atoms. The SMILES string of the molecule is CCc1occc1C(=O)NCC(C)(C)/C(N)=N/O. The summed E-state index contributed by atoms with van der Waals surface area (Å²) in [5.74, 6) is 0.499. The Hall–Kier alpha value is -1.98. The van der Waals surface area contributed by atoms with Gasteiger partial charge in [0, 0.05) is 18.4 Å². The van der Waals surface area contributed by atoms with E-state index in [-0.39, 0.29) is 18.3 Å². The van der Waals surface area contributed by atoms with Crippen LogP contribution in [0.25, 0.3) is 0 Å². The number of hydrogen-bond donors (Lipinski definition) is 3. The van der Waals surface area contributed by atoms with Crippen molar-refractivity contribution in [2.75, 3.05) is 6.54 Å². The maximum absolute atomic E-state index is 11.9. The molecule has 0 aromatic carbocycles. The zero-order valence-electron chi connectivity index (χ0n) is 10.9. The molecule has 1 aromatic rings. The molecule has 0 saturated heterocycles. The summed E-state index contributed by atoms with van der Waals surface area (Å²) < 4.78 is 5.19. The fourth-order valence-corrected chi connectivity index (χ4v) is 1.44. The molecule has 0 unspecified atom stereocenters. The van der Waals surface area contributed by atoms with E-state index in [1.807, 2.05) is 6.92 Å². The molecule has 6 heteroatoms. The molecular formula is C12H19N3O3. The quantitative estimate of drug-likeness (QED) is 0.319. The number of carbonyl (C=O) groups is 1. The summed E-state index contributed by atoms with van der Waals surface area (Å²) in [6.45, 7) is 5.74. The Morgan fingerprint density at radius 3 is 2.83 bits per heavy atom. The molecule has 0 fully saturated rings. The van der Waals surface area contributed by atoms with Crippen LogP contribution >= 0.6 is 0 Å². The standard InChI is InChI=1S/C12H19N3O3/c1-4-9-8(5-6-18-9)10(16)14-7-12(2,3)11(13)15-17/h5-6,17H,4,7H2,1-3H3,(H2,13,15)(H,14,16). The van der Waals surface area contributed by atoms with E-state index < -0.39 is 5.41 Å². The summed E-state index contributed by atoms with van der Waals surface area (Å²) in [6, 6.07) is 1.63. The topological polar surface area (TPSA) is 101 Å². The third kappa shape index (κ3) is 3.03. The highest BCUT2D eigenvalue weighted by atomic mass is 16.4. The van der Waals surface area contributed by atoms with Crippen LogP contribution in [0.2, 0.25) is 0 Å². The van der Waals surface area contributed by atoms with Crippen molar-refractivity contribution < 1.29 is 14.4 Å². The first-order valence-corrected chi connectivity index (χ1v) is 5.75. The van der Waals surface area contributed by atoms with E-state index in [9.17, 15) is 4.79 Å². The Bertz CT molecular complexity index is 449. The molecule has 1 amide bonds. The monoisotopic (exact) mass is 253 g/mol. The maximum atomic E-state index is 11.9. The van der Waals surface area contributed by atoms with Crippen LogP contribution in [0.3, 0.4) is 0 Å². The third-order valence-corrected chi connectivity index (χ3v) is 2.80. The number of amidine groups is 1. The van der Waals surface area contributed by atoms with Crippen LogP contribution < -0.4 is 11.1 Å². The van der Waals surface area contributed by atoms with Crippen molar-refractivity contribution in [2.45, 2.75) is 27.2 Å². The highest BCUT2D eigenvalue weighted by molar-refractivity contribution is 5.95. The highest BCUT2D eigenvalue weighted by Gasteiger charge is 2.25. The van der Waals surface area contributed by atoms with E-state index in [0.717, 1.165) is 0 Å². The molecule has 100 valence electrons. The zero-order chi connectivity index (χ0) is 13.8. The highest BCUT2D eigenvalue weighted by Crippen LogP contribution is 2.15. The Kier molecular flexibility index (Phi) is 4.36. The molecule has 0 aliphatic carbocycles. The molecule has 18 heavy (non-hydrogen) atoms. The summed E-state index contributed by atoms with van der Waals surface area (Å²) in [5.41, 5.74) is 5.45. The van der Waals surface area contributed by atoms with E-state index in [0.29, 0.717) is 17.7 Å². The van der Waals surface area contributed by atoms with Gasteiger partial charge < -0.3 is 20.7 Å². The van der Waals surface area contributed by atoms with E-state index in [1.165, 1.54) is 6.26 Å². The number of carbonyl (C=O) groups excluding carboxylic acids is 1. The van der Waals surface area contributed by atoms with Crippen molar-refractivity contribution in [1.82, 2.24) is 5.32 Å². The first kappa shape index (κ1) is 14.1. The Morgan fingerprint density at radius 2 is 2.28 bits per heavy atom. The number of aryl methyl sites for hydroxylation is 1. The molecule has 0 aliphatic rings. The molecule has 1 aromatic heterocycles. The summed E-state index contributed by atoms with van der Waals surface area (Å²) in [4.78, 5) is 11.9. The van der Waals surface area contributed by atoms with Crippen LogP contribution in [0.15, 0.2) is 21.9 Å². The predicted molar refractivity (Wildman–Crippen MR) is 67.6 cm³/mol. The Morgan fingerprint density at radius 1 is 1.61 bits per heavy atom. The van der Waals surface area contributed by atoms with Crippen LogP contribution in [0.5, 0.6) is 0 Å². The number of nitrogens with zero attached hydrogens (tertiary/aromatic N) is 1. The van der Waals surface area contributed by atoms with Gasteiger partial charge in [-0.25, -0.2) is 0 Å². The first-order chi connectivity index (χ1) is 8.42. The number of rotatable bonds is 5. The number of nitrogens with two attached hydrogens (primary N) is 1.